The summed E-state index contributed by atoms with van der Waals surface area (Å²) in [4.78, 5) is 9.69. The molecule has 5 rings (SSSR count). The molecule has 2 aliphatic rings. The largest absolute Gasteiger partial charge is 0.508 e. The number of rotatable bonds is 4. The summed E-state index contributed by atoms with van der Waals surface area (Å²) in [6, 6.07) is 17.7. The van der Waals surface area contributed by atoms with Crippen molar-refractivity contribution in [3.63, 3.8) is 0 Å². The van der Waals surface area contributed by atoms with E-state index >= 15 is 0 Å². The highest BCUT2D eigenvalue weighted by atomic mass is 32.2. The van der Waals surface area contributed by atoms with Gasteiger partial charge in [-0.25, -0.2) is 4.98 Å². The predicted molar refractivity (Wildman–Crippen MR) is 122 cm³/mol. The van der Waals surface area contributed by atoms with E-state index in [0.717, 1.165) is 42.6 Å². The zero-order valence-electron chi connectivity index (χ0n) is 15.9. The second-order valence-corrected chi connectivity index (χ2v) is 8.91. The van der Waals surface area contributed by atoms with Gasteiger partial charge in [0.15, 0.2) is 5.13 Å². The van der Waals surface area contributed by atoms with E-state index in [1.54, 1.807) is 23.5 Å². The van der Waals surface area contributed by atoms with Crippen molar-refractivity contribution in [2.45, 2.75) is 5.50 Å². The second-order valence-electron chi connectivity index (χ2n) is 7.12. The highest BCUT2D eigenvalue weighted by molar-refractivity contribution is 8.03. The highest BCUT2D eigenvalue weighted by Gasteiger charge is 2.28. The van der Waals surface area contributed by atoms with Gasteiger partial charge in [-0.05, 0) is 35.2 Å². The maximum absolute atomic E-state index is 9.47. The van der Waals surface area contributed by atoms with Gasteiger partial charge in [-0.3, -0.25) is 4.90 Å². The Kier molecular flexibility index (Phi) is 5.18. The number of anilines is 1. The highest BCUT2D eigenvalue weighted by Crippen LogP contribution is 2.32. The van der Waals surface area contributed by atoms with Gasteiger partial charge in [-0.2, -0.15) is 0 Å². The fraction of sp³-hybridized carbons (Fsp3) is 0.227. The Labute approximate surface area is 178 Å². The SMILES string of the molecule is Oc1ccc(-c2csc(N3CCN(C4NC(c5ccccc5)=CS4)CC3)n2)cc1. The molecular formula is C22H22N4OS2. The van der Waals surface area contributed by atoms with E-state index in [-0.39, 0.29) is 5.75 Å². The van der Waals surface area contributed by atoms with Crippen LogP contribution < -0.4 is 10.2 Å². The van der Waals surface area contributed by atoms with E-state index in [0.29, 0.717) is 5.50 Å². The summed E-state index contributed by atoms with van der Waals surface area (Å²) in [5.74, 6) is 0.281. The molecule has 1 aromatic heterocycles. The van der Waals surface area contributed by atoms with Crippen molar-refractivity contribution in [3.8, 4) is 17.0 Å². The minimum atomic E-state index is 0.281. The van der Waals surface area contributed by atoms with Crippen molar-refractivity contribution in [1.29, 1.82) is 0 Å². The normalized spacial score (nSPS) is 19.8. The minimum Gasteiger partial charge on any atom is -0.508 e. The molecule has 5 nitrogen and oxygen atoms in total. The van der Waals surface area contributed by atoms with Crippen LogP contribution >= 0.6 is 23.1 Å². The number of aromatic hydroxyl groups is 1. The van der Waals surface area contributed by atoms with E-state index in [4.69, 9.17) is 4.98 Å². The number of thioether (sulfide) groups is 1. The van der Waals surface area contributed by atoms with E-state index in [1.807, 2.05) is 23.9 Å². The molecular weight excluding hydrogens is 400 g/mol. The van der Waals surface area contributed by atoms with Crippen molar-refractivity contribution < 1.29 is 5.11 Å². The zero-order chi connectivity index (χ0) is 19.6. The number of nitrogens with one attached hydrogen (secondary N) is 1. The van der Waals surface area contributed by atoms with Crippen molar-refractivity contribution in [1.82, 2.24) is 15.2 Å². The first-order valence-corrected chi connectivity index (χ1v) is 11.5. The van der Waals surface area contributed by atoms with Gasteiger partial charge in [0, 0.05) is 42.8 Å². The Balaban J connectivity index is 1.18. The first-order chi connectivity index (χ1) is 14.3. The number of hydrogen-bond acceptors (Lipinski definition) is 7. The van der Waals surface area contributed by atoms with Gasteiger partial charge < -0.3 is 15.3 Å². The molecule has 2 aliphatic heterocycles. The number of benzene rings is 2. The molecule has 0 aliphatic carbocycles. The van der Waals surface area contributed by atoms with Crippen LogP contribution in [0.4, 0.5) is 5.13 Å². The minimum absolute atomic E-state index is 0.281. The number of aromatic nitrogens is 1. The molecule has 3 heterocycles. The average Bonchev–Trinajstić information content (AvgIpc) is 3.46. The van der Waals surface area contributed by atoms with Crippen LogP contribution in [0.1, 0.15) is 5.56 Å². The van der Waals surface area contributed by atoms with E-state index in [9.17, 15) is 5.11 Å². The van der Waals surface area contributed by atoms with Gasteiger partial charge >= 0.3 is 0 Å². The third-order valence-electron chi connectivity index (χ3n) is 5.25. The maximum Gasteiger partial charge on any atom is 0.185 e. The average molecular weight is 423 g/mol. The molecule has 0 amide bonds. The lowest BCUT2D eigenvalue weighted by atomic mass is 10.2. The third kappa shape index (κ3) is 3.99. The van der Waals surface area contributed by atoms with Crippen molar-refractivity contribution in [2.75, 3.05) is 31.1 Å². The quantitative estimate of drug-likeness (QED) is 0.655. The third-order valence-corrected chi connectivity index (χ3v) is 7.20. The van der Waals surface area contributed by atoms with Crippen molar-refractivity contribution in [2.24, 2.45) is 0 Å². The molecule has 1 fully saturated rings. The van der Waals surface area contributed by atoms with Gasteiger partial charge in [0.2, 0.25) is 0 Å². The van der Waals surface area contributed by atoms with Crippen LogP contribution in [0, 0.1) is 0 Å². The smallest absolute Gasteiger partial charge is 0.185 e. The lowest BCUT2D eigenvalue weighted by Gasteiger charge is -2.37. The van der Waals surface area contributed by atoms with Crippen LogP contribution in [0.5, 0.6) is 5.75 Å². The molecule has 0 radical (unpaired) electrons. The van der Waals surface area contributed by atoms with Gasteiger partial charge in [-0.15, -0.1) is 11.3 Å². The molecule has 2 N–H and O–H groups in total. The number of hydrogen-bond donors (Lipinski definition) is 2. The number of nitrogens with zero attached hydrogens (tertiary/aromatic N) is 3. The lowest BCUT2D eigenvalue weighted by Crippen LogP contribution is -2.52. The topological polar surface area (TPSA) is 51.6 Å². The van der Waals surface area contributed by atoms with Crippen molar-refractivity contribution >= 4 is 33.9 Å². The molecule has 29 heavy (non-hydrogen) atoms. The maximum atomic E-state index is 9.47. The van der Waals surface area contributed by atoms with Gasteiger partial charge in [0.25, 0.3) is 0 Å². The molecule has 0 spiro atoms. The molecule has 0 saturated carbocycles. The van der Waals surface area contributed by atoms with Crippen LogP contribution in [0.3, 0.4) is 0 Å². The lowest BCUT2D eigenvalue weighted by molar-refractivity contribution is 0.231. The van der Waals surface area contributed by atoms with Crippen LogP contribution in [0.2, 0.25) is 0 Å². The molecule has 1 saturated heterocycles. The van der Waals surface area contributed by atoms with Gasteiger partial charge in [0.05, 0.1) is 5.69 Å². The van der Waals surface area contributed by atoms with Gasteiger partial charge in [0.1, 0.15) is 11.2 Å². The molecule has 3 aromatic rings. The summed E-state index contributed by atoms with van der Waals surface area (Å²) < 4.78 is 0. The predicted octanol–water partition coefficient (Wildman–Crippen LogP) is 4.26. The number of phenolic OH excluding ortho intramolecular Hbond substituents is 1. The fourth-order valence-electron chi connectivity index (χ4n) is 3.60. The Morgan fingerprint density at radius 1 is 0.931 bits per heavy atom. The molecule has 2 aromatic carbocycles. The second kappa shape index (κ2) is 8.10. The summed E-state index contributed by atoms with van der Waals surface area (Å²) in [5.41, 5.74) is 4.76. The Hall–Kier alpha value is -2.48. The fourth-order valence-corrected chi connectivity index (χ4v) is 5.54. The summed E-state index contributed by atoms with van der Waals surface area (Å²) in [6.07, 6.45) is 0. The number of thiazole rings is 1. The summed E-state index contributed by atoms with van der Waals surface area (Å²) in [6.45, 7) is 3.97. The zero-order valence-corrected chi connectivity index (χ0v) is 17.5. The van der Waals surface area contributed by atoms with E-state index in [2.05, 4.69) is 56.2 Å². The summed E-state index contributed by atoms with van der Waals surface area (Å²) in [5, 5.41) is 18.5. The number of phenols is 1. The van der Waals surface area contributed by atoms with E-state index in [1.165, 1.54) is 11.3 Å². The first-order valence-electron chi connectivity index (χ1n) is 9.68. The monoisotopic (exact) mass is 422 g/mol. The Morgan fingerprint density at radius 3 is 2.45 bits per heavy atom. The van der Waals surface area contributed by atoms with Crippen LogP contribution in [-0.2, 0) is 0 Å². The molecule has 148 valence electrons. The molecule has 1 unspecified atom stereocenters. The van der Waals surface area contributed by atoms with Crippen molar-refractivity contribution in [3.05, 3.63) is 70.9 Å². The van der Waals surface area contributed by atoms with Crippen LogP contribution in [-0.4, -0.2) is 46.7 Å². The Morgan fingerprint density at radius 2 is 1.69 bits per heavy atom. The molecule has 1 atom stereocenters. The first kappa shape index (κ1) is 18.5. The molecule has 7 heteroatoms. The summed E-state index contributed by atoms with van der Waals surface area (Å²) in [7, 11) is 0. The van der Waals surface area contributed by atoms with Crippen LogP contribution in [0.15, 0.2) is 65.4 Å². The Bertz CT molecular complexity index is 995. The standard InChI is InChI=1S/C22H22N4OS2/c27-18-8-6-17(7-9-18)20-15-29-22(24-20)26-12-10-25(11-13-26)21-23-19(14-28-21)16-4-2-1-3-5-16/h1-9,14-15,21,23,27H,10-13H2. The van der Waals surface area contributed by atoms with E-state index < -0.39 is 0 Å². The van der Waals surface area contributed by atoms with Crippen LogP contribution in [0.25, 0.3) is 17.0 Å². The number of piperazine rings is 1. The summed E-state index contributed by atoms with van der Waals surface area (Å²) >= 11 is 3.54. The molecule has 0 bridgehead atoms. The van der Waals surface area contributed by atoms with Gasteiger partial charge in [-0.1, -0.05) is 42.1 Å².